The highest BCUT2D eigenvalue weighted by molar-refractivity contribution is 6.30. The molecule has 3 N–H and O–H groups in total. The number of fused-ring (bicyclic) bond motifs is 1. The number of amides is 2. The summed E-state index contributed by atoms with van der Waals surface area (Å²) >= 11 is 5.80. The molecule has 134 valence electrons. The van der Waals surface area contributed by atoms with Gasteiger partial charge >= 0.3 is 0 Å². The minimum Gasteiger partial charge on any atom is -0.361 e. The Morgan fingerprint density at radius 2 is 1.77 bits per heavy atom. The van der Waals surface area contributed by atoms with Crippen LogP contribution in [-0.4, -0.2) is 23.3 Å². The molecule has 0 saturated heterocycles. The Balaban J connectivity index is 1.38. The number of aryl methyl sites for hydroxylation is 1. The van der Waals surface area contributed by atoms with E-state index >= 15 is 0 Å². The number of aromatic amines is 1. The quantitative estimate of drug-likeness (QED) is 0.591. The molecular weight excluding hydrogens is 350 g/mol. The molecule has 2 amide bonds. The van der Waals surface area contributed by atoms with Gasteiger partial charge in [-0.15, -0.1) is 0 Å². The van der Waals surface area contributed by atoms with Gasteiger partial charge in [0.2, 0.25) is 11.8 Å². The number of anilines is 1. The van der Waals surface area contributed by atoms with Crippen molar-refractivity contribution in [1.82, 2.24) is 10.3 Å². The first kappa shape index (κ1) is 18.0. The number of rotatable bonds is 7. The van der Waals surface area contributed by atoms with Gasteiger partial charge in [0, 0.05) is 34.2 Å². The van der Waals surface area contributed by atoms with Crippen molar-refractivity contribution in [3.8, 4) is 0 Å². The second-order valence-corrected chi connectivity index (χ2v) is 6.48. The molecule has 0 saturated carbocycles. The fourth-order valence-corrected chi connectivity index (χ4v) is 2.91. The summed E-state index contributed by atoms with van der Waals surface area (Å²) in [6, 6.07) is 14.9. The van der Waals surface area contributed by atoms with E-state index < -0.39 is 0 Å². The van der Waals surface area contributed by atoms with Crippen LogP contribution in [0.4, 0.5) is 5.69 Å². The molecule has 3 rings (SSSR count). The minimum atomic E-state index is -0.266. The third-order valence-corrected chi connectivity index (χ3v) is 4.35. The summed E-state index contributed by atoms with van der Waals surface area (Å²) in [6.45, 7) is -0.0471. The third-order valence-electron chi connectivity index (χ3n) is 4.10. The van der Waals surface area contributed by atoms with Gasteiger partial charge < -0.3 is 15.6 Å². The van der Waals surface area contributed by atoms with Crippen LogP contribution < -0.4 is 10.6 Å². The van der Waals surface area contributed by atoms with Crippen LogP contribution >= 0.6 is 11.6 Å². The average molecular weight is 370 g/mol. The van der Waals surface area contributed by atoms with Crippen LogP contribution in [0.1, 0.15) is 18.4 Å². The van der Waals surface area contributed by atoms with Crippen molar-refractivity contribution < 1.29 is 9.59 Å². The van der Waals surface area contributed by atoms with Crippen LogP contribution in [0.15, 0.2) is 54.7 Å². The summed E-state index contributed by atoms with van der Waals surface area (Å²) in [5.74, 6) is -0.395. The second-order valence-electron chi connectivity index (χ2n) is 6.04. The molecular formula is C20H20ClN3O2. The topological polar surface area (TPSA) is 74.0 Å². The summed E-state index contributed by atoms with van der Waals surface area (Å²) < 4.78 is 0. The van der Waals surface area contributed by atoms with E-state index in [0.29, 0.717) is 17.1 Å². The molecule has 6 heteroatoms. The molecule has 0 fully saturated rings. The summed E-state index contributed by atoms with van der Waals surface area (Å²) in [6.07, 6.45) is 3.91. The maximum atomic E-state index is 11.9. The van der Waals surface area contributed by atoms with Crippen molar-refractivity contribution in [2.75, 3.05) is 11.9 Å². The predicted octanol–water partition coefficient (Wildman–Crippen LogP) is 3.90. The molecule has 0 unspecified atom stereocenters. The molecule has 0 bridgehead atoms. The summed E-state index contributed by atoms with van der Waals surface area (Å²) in [7, 11) is 0. The van der Waals surface area contributed by atoms with E-state index in [1.54, 1.807) is 24.3 Å². The summed E-state index contributed by atoms with van der Waals surface area (Å²) in [5, 5.41) is 7.15. The van der Waals surface area contributed by atoms with E-state index in [4.69, 9.17) is 11.6 Å². The van der Waals surface area contributed by atoms with Crippen molar-refractivity contribution in [2.24, 2.45) is 0 Å². The number of carbonyl (C=O) groups excluding carboxylic acids is 2. The van der Waals surface area contributed by atoms with E-state index in [-0.39, 0.29) is 18.4 Å². The minimum absolute atomic E-state index is 0.0471. The van der Waals surface area contributed by atoms with Gasteiger partial charge in [0.15, 0.2) is 0 Å². The monoisotopic (exact) mass is 369 g/mol. The van der Waals surface area contributed by atoms with E-state index in [9.17, 15) is 9.59 Å². The molecule has 0 aliphatic carbocycles. The summed E-state index contributed by atoms with van der Waals surface area (Å²) in [4.78, 5) is 27.0. The SMILES string of the molecule is O=C(CCCc1c[nH]c2ccccc12)NCC(=O)Nc1ccc(Cl)cc1. The van der Waals surface area contributed by atoms with Crippen molar-refractivity contribution in [1.29, 1.82) is 0 Å². The fourth-order valence-electron chi connectivity index (χ4n) is 2.78. The lowest BCUT2D eigenvalue weighted by Crippen LogP contribution is -2.32. The Kier molecular flexibility index (Phi) is 5.92. The Morgan fingerprint density at radius 1 is 1.00 bits per heavy atom. The number of hydrogen-bond donors (Lipinski definition) is 3. The number of carbonyl (C=O) groups is 2. The first-order chi connectivity index (χ1) is 12.6. The standard InChI is InChI=1S/C20H20ClN3O2/c21-15-8-10-16(11-9-15)24-20(26)13-23-19(25)7-3-4-14-12-22-18-6-2-1-5-17(14)18/h1-2,5-6,8-12,22H,3-4,7,13H2,(H,23,25)(H,24,26). The highest BCUT2D eigenvalue weighted by Crippen LogP contribution is 2.19. The number of nitrogens with one attached hydrogen (secondary N) is 3. The zero-order valence-corrected chi connectivity index (χ0v) is 15.0. The van der Waals surface area contributed by atoms with Gasteiger partial charge in [0.25, 0.3) is 0 Å². The number of para-hydroxylation sites is 1. The van der Waals surface area contributed by atoms with Gasteiger partial charge in [-0.05, 0) is 48.7 Å². The summed E-state index contributed by atoms with van der Waals surface area (Å²) in [5.41, 5.74) is 2.95. The zero-order chi connectivity index (χ0) is 18.4. The number of benzene rings is 2. The maximum absolute atomic E-state index is 11.9. The largest absolute Gasteiger partial charge is 0.361 e. The number of aromatic nitrogens is 1. The molecule has 1 aromatic heterocycles. The van der Waals surface area contributed by atoms with Gasteiger partial charge in [-0.25, -0.2) is 0 Å². The van der Waals surface area contributed by atoms with E-state index in [1.807, 2.05) is 24.4 Å². The molecule has 0 radical (unpaired) electrons. The second kappa shape index (κ2) is 8.54. The van der Waals surface area contributed by atoms with Gasteiger partial charge in [0.1, 0.15) is 0 Å². The van der Waals surface area contributed by atoms with E-state index in [0.717, 1.165) is 18.4 Å². The van der Waals surface area contributed by atoms with Crippen LogP contribution in [0, 0.1) is 0 Å². The van der Waals surface area contributed by atoms with Crippen molar-refractivity contribution in [3.05, 3.63) is 65.3 Å². The highest BCUT2D eigenvalue weighted by atomic mass is 35.5. The highest BCUT2D eigenvalue weighted by Gasteiger charge is 2.08. The number of H-pyrrole nitrogens is 1. The van der Waals surface area contributed by atoms with Crippen molar-refractivity contribution >= 4 is 40.0 Å². The lowest BCUT2D eigenvalue weighted by atomic mass is 10.1. The van der Waals surface area contributed by atoms with Crippen LogP contribution in [0.25, 0.3) is 10.9 Å². The molecule has 0 atom stereocenters. The van der Waals surface area contributed by atoms with Crippen LogP contribution in [0.2, 0.25) is 5.02 Å². The van der Waals surface area contributed by atoms with Gasteiger partial charge in [-0.1, -0.05) is 29.8 Å². The molecule has 1 heterocycles. The van der Waals surface area contributed by atoms with Gasteiger partial charge in [-0.3, -0.25) is 9.59 Å². The van der Waals surface area contributed by atoms with Gasteiger partial charge in [0.05, 0.1) is 6.54 Å². The normalized spacial score (nSPS) is 10.7. The van der Waals surface area contributed by atoms with Crippen molar-refractivity contribution in [3.63, 3.8) is 0 Å². The average Bonchev–Trinajstić information content (AvgIpc) is 3.05. The Morgan fingerprint density at radius 3 is 2.58 bits per heavy atom. The molecule has 0 aliphatic rings. The lowest BCUT2D eigenvalue weighted by molar-refractivity contribution is -0.124. The zero-order valence-electron chi connectivity index (χ0n) is 14.2. The third kappa shape index (κ3) is 4.86. The van der Waals surface area contributed by atoms with E-state index in [1.165, 1.54) is 10.9 Å². The first-order valence-electron chi connectivity index (χ1n) is 8.49. The maximum Gasteiger partial charge on any atom is 0.243 e. The molecule has 0 aliphatic heterocycles. The molecule has 2 aromatic carbocycles. The smallest absolute Gasteiger partial charge is 0.243 e. The molecule has 5 nitrogen and oxygen atoms in total. The van der Waals surface area contributed by atoms with Crippen LogP contribution in [0.5, 0.6) is 0 Å². The fraction of sp³-hybridized carbons (Fsp3) is 0.200. The Bertz CT molecular complexity index is 903. The lowest BCUT2D eigenvalue weighted by Gasteiger charge is -2.07. The first-order valence-corrected chi connectivity index (χ1v) is 8.87. The van der Waals surface area contributed by atoms with E-state index in [2.05, 4.69) is 21.7 Å². The Labute approximate surface area is 156 Å². The predicted molar refractivity (Wildman–Crippen MR) is 104 cm³/mol. The molecule has 0 spiro atoms. The van der Waals surface area contributed by atoms with Crippen molar-refractivity contribution in [2.45, 2.75) is 19.3 Å². The van der Waals surface area contributed by atoms with Crippen LogP contribution in [-0.2, 0) is 16.0 Å². The number of halogens is 1. The number of hydrogen-bond acceptors (Lipinski definition) is 2. The van der Waals surface area contributed by atoms with Crippen LogP contribution in [0.3, 0.4) is 0 Å². The molecule has 3 aromatic rings. The van der Waals surface area contributed by atoms with Gasteiger partial charge in [-0.2, -0.15) is 0 Å². The Hall–Kier alpha value is -2.79. The molecule has 26 heavy (non-hydrogen) atoms.